The van der Waals surface area contributed by atoms with E-state index in [1.807, 2.05) is 11.8 Å². The average molecular weight is 257 g/mol. The van der Waals surface area contributed by atoms with Crippen LogP contribution < -0.4 is 5.32 Å². The summed E-state index contributed by atoms with van der Waals surface area (Å²) in [6.45, 7) is 5.84. The molecule has 1 aromatic rings. The Morgan fingerprint density at radius 3 is 2.88 bits per heavy atom. The first-order chi connectivity index (χ1) is 7.98. The number of carbonyl (C=O) groups excluding carboxylic acids is 1. The van der Waals surface area contributed by atoms with Crippen molar-refractivity contribution in [2.75, 3.05) is 19.9 Å². The minimum Gasteiger partial charge on any atom is -0.467 e. The third-order valence-corrected chi connectivity index (χ3v) is 3.73. The van der Waals surface area contributed by atoms with Gasteiger partial charge in [0, 0.05) is 11.3 Å². The molecule has 0 saturated carbocycles. The fourth-order valence-corrected chi connectivity index (χ4v) is 1.50. The third-order valence-electron chi connectivity index (χ3n) is 2.48. The summed E-state index contributed by atoms with van der Waals surface area (Å²) in [5.74, 6) is 0.367. The lowest BCUT2D eigenvalue weighted by Gasteiger charge is -2.21. The summed E-state index contributed by atoms with van der Waals surface area (Å²) in [4.78, 5) is 11.2. The molecule has 0 aliphatic rings. The molecule has 1 heterocycles. The second-order valence-corrected chi connectivity index (χ2v) is 5.87. The van der Waals surface area contributed by atoms with Gasteiger partial charge in [-0.15, -0.1) is 0 Å². The van der Waals surface area contributed by atoms with E-state index < -0.39 is 0 Å². The number of furan rings is 1. The molecule has 0 aliphatic heterocycles. The summed E-state index contributed by atoms with van der Waals surface area (Å²) in [6.07, 6.45) is 3.51. The first-order valence-corrected chi connectivity index (χ1v) is 6.62. The van der Waals surface area contributed by atoms with Crippen molar-refractivity contribution in [3.8, 4) is 0 Å². The van der Waals surface area contributed by atoms with E-state index >= 15 is 0 Å². The fraction of sp³-hybridized carbons (Fsp3) is 0.583. The minimum atomic E-state index is -0.371. The van der Waals surface area contributed by atoms with E-state index in [4.69, 9.17) is 4.42 Å². The van der Waals surface area contributed by atoms with Crippen molar-refractivity contribution in [2.24, 2.45) is 0 Å². The normalized spacial score (nSPS) is 11.5. The van der Waals surface area contributed by atoms with Gasteiger partial charge in [0.05, 0.1) is 19.2 Å². The van der Waals surface area contributed by atoms with Crippen molar-refractivity contribution < 1.29 is 13.9 Å². The number of ether oxygens (including phenoxy) is 1. The lowest BCUT2D eigenvalue weighted by molar-refractivity contribution is 0.0600. The second kappa shape index (κ2) is 6.12. The molecule has 1 rings (SSSR count). The van der Waals surface area contributed by atoms with Crippen LogP contribution in [0.4, 0.5) is 0 Å². The van der Waals surface area contributed by atoms with Crippen molar-refractivity contribution in [3.63, 3.8) is 0 Å². The molecular weight excluding hydrogens is 238 g/mol. The monoisotopic (exact) mass is 257 g/mol. The van der Waals surface area contributed by atoms with E-state index in [0.29, 0.717) is 12.1 Å². The highest BCUT2D eigenvalue weighted by Crippen LogP contribution is 2.19. The average Bonchev–Trinajstić information content (AvgIpc) is 2.76. The predicted octanol–water partition coefficient (Wildman–Crippen LogP) is 2.30. The van der Waals surface area contributed by atoms with Crippen LogP contribution in [0.5, 0.6) is 0 Å². The Kier molecular flexibility index (Phi) is 5.08. The molecular formula is C12H19NO3S. The Hall–Kier alpha value is -0.940. The second-order valence-electron chi connectivity index (χ2n) is 4.36. The number of hydrogen-bond donors (Lipinski definition) is 1. The van der Waals surface area contributed by atoms with E-state index in [2.05, 4.69) is 30.2 Å². The lowest BCUT2D eigenvalue weighted by Crippen LogP contribution is -2.31. The van der Waals surface area contributed by atoms with Crippen molar-refractivity contribution in [1.82, 2.24) is 5.32 Å². The molecule has 0 unspecified atom stereocenters. The van der Waals surface area contributed by atoms with Crippen LogP contribution in [-0.2, 0) is 11.3 Å². The summed E-state index contributed by atoms with van der Waals surface area (Å²) in [6, 6.07) is 1.70. The van der Waals surface area contributed by atoms with Gasteiger partial charge in [-0.25, -0.2) is 4.79 Å². The first kappa shape index (κ1) is 14.1. The van der Waals surface area contributed by atoms with Crippen LogP contribution in [0, 0.1) is 0 Å². The van der Waals surface area contributed by atoms with Gasteiger partial charge in [-0.3, -0.25) is 0 Å². The molecule has 5 heteroatoms. The summed E-state index contributed by atoms with van der Waals surface area (Å²) in [7, 11) is 1.36. The molecule has 0 saturated heterocycles. The van der Waals surface area contributed by atoms with Gasteiger partial charge in [0.15, 0.2) is 0 Å². The molecule has 1 N–H and O–H groups in total. The van der Waals surface area contributed by atoms with Crippen LogP contribution in [0.2, 0.25) is 0 Å². The largest absolute Gasteiger partial charge is 0.467 e. The zero-order valence-corrected chi connectivity index (χ0v) is 11.5. The predicted molar refractivity (Wildman–Crippen MR) is 69.3 cm³/mol. The Morgan fingerprint density at radius 2 is 2.29 bits per heavy atom. The molecule has 0 aromatic carbocycles. The van der Waals surface area contributed by atoms with Gasteiger partial charge in [0.1, 0.15) is 12.0 Å². The summed E-state index contributed by atoms with van der Waals surface area (Å²) in [5.41, 5.74) is 0.452. The van der Waals surface area contributed by atoms with Crippen LogP contribution in [0.3, 0.4) is 0 Å². The van der Waals surface area contributed by atoms with Crippen LogP contribution in [0.15, 0.2) is 16.7 Å². The van der Waals surface area contributed by atoms with E-state index in [1.165, 1.54) is 13.4 Å². The number of nitrogens with one attached hydrogen (secondary N) is 1. The van der Waals surface area contributed by atoms with Gasteiger partial charge in [-0.1, -0.05) is 0 Å². The number of esters is 1. The van der Waals surface area contributed by atoms with E-state index in [0.717, 1.165) is 12.3 Å². The molecule has 0 spiro atoms. The molecule has 0 bridgehead atoms. The lowest BCUT2D eigenvalue weighted by atomic mass is 10.2. The van der Waals surface area contributed by atoms with E-state index in [1.54, 1.807) is 6.07 Å². The molecule has 96 valence electrons. The fourth-order valence-electron chi connectivity index (χ4n) is 1.26. The smallest absolute Gasteiger partial charge is 0.341 e. The summed E-state index contributed by atoms with van der Waals surface area (Å²) in [5, 5.41) is 3.30. The van der Waals surface area contributed by atoms with Gasteiger partial charge in [-0.2, -0.15) is 11.8 Å². The Morgan fingerprint density at radius 1 is 1.59 bits per heavy atom. The van der Waals surface area contributed by atoms with Crippen molar-refractivity contribution >= 4 is 17.7 Å². The van der Waals surface area contributed by atoms with Crippen LogP contribution in [0.1, 0.15) is 30.0 Å². The van der Waals surface area contributed by atoms with Gasteiger partial charge < -0.3 is 14.5 Å². The topological polar surface area (TPSA) is 51.5 Å². The van der Waals surface area contributed by atoms with E-state index in [9.17, 15) is 4.79 Å². The molecule has 0 aliphatic carbocycles. The zero-order chi connectivity index (χ0) is 12.9. The molecule has 0 atom stereocenters. The quantitative estimate of drug-likeness (QED) is 0.792. The number of thioether (sulfide) groups is 1. The number of rotatable bonds is 6. The number of methoxy groups -OCH3 is 1. The molecule has 0 amide bonds. The first-order valence-electron chi connectivity index (χ1n) is 5.40. The number of hydrogen-bond acceptors (Lipinski definition) is 5. The van der Waals surface area contributed by atoms with Gasteiger partial charge in [0.25, 0.3) is 0 Å². The maximum Gasteiger partial charge on any atom is 0.341 e. The Labute approximate surface area is 106 Å². The van der Waals surface area contributed by atoms with Crippen LogP contribution in [-0.4, -0.2) is 30.6 Å². The highest BCUT2D eigenvalue weighted by molar-refractivity contribution is 7.99. The Bertz CT molecular complexity index is 374. The van der Waals surface area contributed by atoms with Crippen LogP contribution in [0.25, 0.3) is 0 Å². The molecule has 17 heavy (non-hydrogen) atoms. The minimum absolute atomic E-state index is 0.192. The SMILES string of the molecule is COC(=O)c1coc(CNCC(C)(C)SC)c1. The molecule has 4 nitrogen and oxygen atoms in total. The van der Waals surface area contributed by atoms with Gasteiger partial charge >= 0.3 is 5.97 Å². The van der Waals surface area contributed by atoms with Crippen molar-refractivity contribution in [1.29, 1.82) is 0 Å². The highest BCUT2D eigenvalue weighted by atomic mass is 32.2. The molecule has 0 radical (unpaired) electrons. The summed E-state index contributed by atoms with van der Waals surface area (Å²) < 4.78 is 10.1. The molecule has 1 aromatic heterocycles. The Balaban J connectivity index is 2.43. The highest BCUT2D eigenvalue weighted by Gasteiger charge is 2.15. The van der Waals surface area contributed by atoms with E-state index in [-0.39, 0.29) is 10.7 Å². The van der Waals surface area contributed by atoms with Crippen LogP contribution >= 0.6 is 11.8 Å². The molecule has 0 fully saturated rings. The zero-order valence-electron chi connectivity index (χ0n) is 10.7. The standard InChI is InChI=1S/C12H19NO3S/c1-12(2,17-4)8-13-6-10-5-9(7-16-10)11(14)15-3/h5,7,13H,6,8H2,1-4H3. The van der Waals surface area contributed by atoms with Crippen molar-refractivity contribution in [3.05, 3.63) is 23.7 Å². The maximum absolute atomic E-state index is 11.2. The third kappa shape index (κ3) is 4.44. The number of carbonyl (C=O) groups is 1. The van der Waals surface area contributed by atoms with Crippen molar-refractivity contribution in [2.45, 2.75) is 25.1 Å². The van der Waals surface area contributed by atoms with Gasteiger partial charge in [0.2, 0.25) is 0 Å². The summed E-state index contributed by atoms with van der Waals surface area (Å²) >= 11 is 1.81. The van der Waals surface area contributed by atoms with Gasteiger partial charge in [-0.05, 0) is 26.2 Å². The maximum atomic E-state index is 11.2.